The van der Waals surface area contributed by atoms with E-state index in [1.165, 1.54) is 13.2 Å². The molecule has 0 spiro atoms. The molecular weight excluding hydrogens is 242 g/mol. The molecule has 1 rings (SSSR count). The third-order valence-electron chi connectivity index (χ3n) is 2.82. The fourth-order valence-corrected chi connectivity index (χ4v) is 1.76. The zero-order valence-corrected chi connectivity index (χ0v) is 11.6. The molecule has 0 saturated heterocycles. The predicted octanol–water partition coefficient (Wildman–Crippen LogP) is 2.76. The maximum absolute atomic E-state index is 11.3. The molecule has 1 aromatic rings. The zero-order chi connectivity index (χ0) is 14.4. The minimum atomic E-state index is -0.427. The quantitative estimate of drug-likeness (QED) is 0.616. The second kappa shape index (κ2) is 6.60. The van der Waals surface area contributed by atoms with Crippen LogP contribution in [0.15, 0.2) is 12.1 Å². The second-order valence-electron chi connectivity index (χ2n) is 4.01. The second-order valence-corrected chi connectivity index (χ2v) is 4.01. The Bertz CT molecular complexity index is 553. The van der Waals surface area contributed by atoms with Crippen molar-refractivity contribution >= 4 is 12.0 Å². The van der Waals surface area contributed by atoms with Crippen molar-refractivity contribution in [1.82, 2.24) is 0 Å². The summed E-state index contributed by atoms with van der Waals surface area (Å²) in [6.45, 7) is 5.89. The van der Waals surface area contributed by atoms with Gasteiger partial charge in [0.05, 0.1) is 13.7 Å². The number of benzene rings is 1. The molecule has 0 aliphatic carbocycles. The van der Waals surface area contributed by atoms with Crippen molar-refractivity contribution < 1.29 is 14.3 Å². The predicted molar refractivity (Wildman–Crippen MR) is 72.9 cm³/mol. The number of rotatable bonds is 4. The van der Waals surface area contributed by atoms with Crippen LogP contribution in [0.2, 0.25) is 0 Å². The number of nitrogens with zero attached hydrogens (tertiary/aromatic N) is 1. The summed E-state index contributed by atoms with van der Waals surface area (Å²) in [5.41, 5.74) is 2.99. The van der Waals surface area contributed by atoms with Crippen LogP contribution in [0.5, 0.6) is 5.75 Å². The smallest absolute Gasteiger partial charge is 0.330 e. The Morgan fingerprint density at radius 2 is 2.16 bits per heavy atom. The first-order valence-corrected chi connectivity index (χ1v) is 5.98. The van der Waals surface area contributed by atoms with Gasteiger partial charge in [-0.3, -0.25) is 0 Å². The van der Waals surface area contributed by atoms with E-state index in [-0.39, 0.29) is 0 Å². The van der Waals surface area contributed by atoms with Crippen LogP contribution < -0.4 is 4.74 Å². The number of carbonyl (C=O) groups is 1. The van der Waals surface area contributed by atoms with Gasteiger partial charge in [0.15, 0.2) is 0 Å². The van der Waals surface area contributed by atoms with Crippen LogP contribution in [0.4, 0.5) is 0 Å². The highest BCUT2D eigenvalue weighted by Gasteiger charge is 2.13. The van der Waals surface area contributed by atoms with E-state index in [1.807, 2.05) is 19.9 Å². The molecule has 19 heavy (non-hydrogen) atoms. The third kappa shape index (κ3) is 3.35. The number of ether oxygens (including phenoxy) is 2. The first-order chi connectivity index (χ1) is 9.04. The molecule has 0 atom stereocenters. The lowest BCUT2D eigenvalue weighted by atomic mass is 9.98. The van der Waals surface area contributed by atoms with Crippen molar-refractivity contribution in [3.8, 4) is 11.8 Å². The van der Waals surface area contributed by atoms with Crippen LogP contribution in [0, 0.1) is 25.2 Å². The third-order valence-corrected chi connectivity index (χ3v) is 2.82. The van der Waals surface area contributed by atoms with E-state index in [0.29, 0.717) is 23.5 Å². The molecule has 0 N–H and O–H groups in total. The summed E-state index contributed by atoms with van der Waals surface area (Å²) in [5, 5.41) is 9.23. The molecule has 0 saturated carbocycles. The summed E-state index contributed by atoms with van der Waals surface area (Å²) >= 11 is 0. The highest BCUT2D eigenvalue weighted by Crippen LogP contribution is 2.29. The van der Waals surface area contributed by atoms with E-state index >= 15 is 0 Å². The largest absolute Gasteiger partial charge is 0.495 e. The van der Waals surface area contributed by atoms with Crippen LogP contribution in [-0.2, 0) is 9.53 Å². The number of aryl methyl sites for hydroxylation is 1. The van der Waals surface area contributed by atoms with Crippen molar-refractivity contribution in [2.24, 2.45) is 0 Å². The van der Waals surface area contributed by atoms with E-state index in [2.05, 4.69) is 6.07 Å². The highest BCUT2D eigenvalue weighted by atomic mass is 16.5. The van der Waals surface area contributed by atoms with E-state index in [0.717, 1.165) is 11.1 Å². The molecule has 0 aromatic heterocycles. The molecule has 0 heterocycles. The number of methoxy groups -OCH3 is 1. The summed E-state index contributed by atoms with van der Waals surface area (Å²) in [5.74, 6) is 0.120. The fraction of sp³-hybridized carbons (Fsp3) is 0.333. The molecule has 0 aliphatic rings. The molecule has 0 fully saturated rings. The van der Waals surface area contributed by atoms with Crippen molar-refractivity contribution in [1.29, 1.82) is 5.26 Å². The van der Waals surface area contributed by atoms with Gasteiger partial charge in [-0.25, -0.2) is 4.79 Å². The number of nitriles is 1. The van der Waals surface area contributed by atoms with Gasteiger partial charge in [0.1, 0.15) is 17.4 Å². The number of carbonyl (C=O) groups excluding carboxylic acids is 1. The SMILES string of the molecule is CCOC(=O)/C=C/c1cc(C)c(C)c(OC)c1C#N. The Kier molecular flexibility index (Phi) is 5.13. The average molecular weight is 259 g/mol. The van der Waals surface area contributed by atoms with Gasteiger partial charge in [0, 0.05) is 6.08 Å². The lowest BCUT2D eigenvalue weighted by molar-refractivity contribution is -0.137. The lowest BCUT2D eigenvalue weighted by Crippen LogP contribution is -2.00. The first-order valence-electron chi connectivity index (χ1n) is 5.98. The van der Waals surface area contributed by atoms with Crippen LogP contribution in [0.3, 0.4) is 0 Å². The lowest BCUT2D eigenvalue weighted by Gasteiger charge is -2.12. The normalized spacial score (nSPS) is 10.3. The van der Waals surface area contributed by atoms with Crippen molar-refractivity contribution in [2.75, 3.05) is 13.7 Å². The molecule has 1 aromatic carbocycles. The molecule has 0 radical (unpaired) electrons. The molecular formula is C15H17NO3. The van der Waals surface area contributed by atoms with Gasteiger partial charge in [0.2, 0.25) is 0 Å². The van der Waals surface area contributed by atoms with Crippen molar-refractivity contribution in [2.45, 2.75) is 20.8 Å². The van der Waals surface area contributed by atoms with Gasteiger partial charge in [0.25, 0.3) is 0 Å². The van der Waals surface area contributed by atoms with E-state index in [1.54, 1.807) is 13.0 Å². The Labute approximate surface area is 113 Å². The molecule has 0 unspecified atom stereocenters. The van der Waals surface area contributed by atoms with E-state index in [4.69, 9.17) is 9.47 Å². The minimum Gasteiger partial charge on any atom is -0.495 e. The van der Waals surface area contributed by atoms with Gasteiger partial charge in [-0.1, -0.05) is 6.07 Å². The van der Waals surface area contributed by atoms with Gasteiger partial charge in [-0.05, 0) is 43.5 Å². The summed E-state index contributed by atoms with van der Waals surface area (Å²) < 4.78 is 10.1. The summed E-state index contributed by atoms with van der Waals surface area (Å²) in [4.78, 5) is 11.3. The Balaban J connectivity index is 3.25. The van der Waals surface area contributed by atoms with Gasteiger partial charge < -0.3 is 9.47 Å². The van der Waals surface area contributed by atoms with E-state index in [9.17, 15) is 10.1 Å². The van der Waals surface area contributed by atoms with Crippen molar-refractivity contribution in [3.63, 3.8) is 0 Å². The summed E-state index contributed by atoms with van der Waals surface area (Å²) in [6.07, 6.45) is 2.89. The summed E-state index contributed by atoms with van der Waals surface area (Å²) in [7, 11) is 1.53. The van der Waals surface area contributed by atoms with E-state index < -0.39 is 5.97 Å². The molecule has 0 bridgehead atoms. The zero-order valence-electron chi connectivity index (χ0n) is 11.6. The standard InChI is InChI=1S/C15H17NO3/c1-5-19-14(17)7-6-12-8-10(2)11(3)15(18-4)13(12)9-16/h6-8H,5H2,1-4H3/b7-6+. The molecule has 100 valence electrons. The molecule has 0 aliphatic heterocycles. The average Bonchev–Trinajstić information content (AvgIpc) is 2.39. The fourth-order valence-electron chi connectivity index (χ4n) is 1.76. The molecule has 4 nitrogen and oxygen atoms in total. The Morgan fingerprint density at radius 1 is 1.47 bits per heavy atom. The van der Waals surface area contributed by atoms with Gasteiger partial charge in [-0.15, -0.1) is 0 Å². The highest BCUT2D eigenvalue weighted by molar-refractivity contribution is 5.88. The van der Waals surface area contributed by atoms with Crippen LogP contribution in [-0.4, -0.2) is 19.7 Å². The Morgan fingerprint density at radius 3 is 2.68 bits per heavy atom. The number of esters is 1. The van der Waals surface area contributed by atoms with Crippen LogP contribution >= 0.6 is 0 Å². The van der Waals surface area contributed by atoms with Crippen LogP contribution in [0.1, 0.15) is 29.2 Å². The van der Waals surface area contributed by atoms with Gasteiger partial charge >= 0.3 is 5.97 Å². The maximum atomic E-state index is 11.3. The van der Waals surface area contributed by atoms with Crippen LogP contribution in [0.25, 0.3) is 6.08 Å². The van der Waals surface area contributed by atoms with Crippen molar-refractivity contribution in [3.05, 3.63) is 34.4 Å². The monoisotopic (exact) mass is 259 g/mol. The minimum absolute atomic E-state index is 0.324. The maximum Gasteiger partial charge on any atom is 0.330 e. The number of hydrogen-bond acceptors (Lipinski definition) is 4. The first kappa shape index (κ1) is 14.8. The summed E-state index contributed by atoms with van der Waals surface area (Å²) in [6, 6.07) is 3.96. The number of hydrogen-bond donors (Lipinski definition) is 0. The molecule has 0 amide bonds. The topological polar surface area (TPSA) is 59.3 Å². The molecule has 4 heteroatoms. The Hall–Kier alpha value is -2.28. The van der Waals surface area contributed by atoms with Gasteiger partial charge in [-0.2, -0.15) is 5.26 Å².